The molecule has 0 radical (unpaired) electrons. The largest absolute Gasteiger partial charge is 0.315 e. The molecule has 1 nitrogen and oxygen atoms in total. The van der Waals surface area contributed by atoms with Gasteiger partial charge in [-0.15, -0.1) is 0 Å². The van der Waals surface area contributed by atoms with Crippen molar-refractivity contribution in [1.82, 2.24) is 4.90 Å². The lowest BCUT2D eigenvalue weighted by molar-refractivity contribution is 0.412. The van der Waals surface area contributed by atoms with Crippen LogP contribution in [0.5, 0.6) is 0 Å². The molecule has 0 aromatic carbocycles. The molecular formula is C4H12BN. The molecule has 0 saturated heterocycles. The van der Waals surface area contributed by atoms with Gasteiger partial charge in [0.15, 0.2) is 0 Å². The van der Waals surface area contributed by atoms with Crippen molar-refractivity contribution in [2.24, 2.45) is 0 Å². The molecule has 0 N–H and O–H groups in total. The summed E-state index contributed by atoms with van der Waals surface area (Å²) in [6, 6.07) is 0. The Balaban J connectivity index is 2.75. The van der Waals surface area contributed by atoms with Crippen LogP contribution in [0.15, 0.2) is 0 Å². The van der Waals surface area contributed by atoms with Crippen LogP contribution in [-0.4, -0.2) is 32.8 Å². The Morgan fingerprint density at radius 3 is 2.17 bits per heavy atom. The molecule has 0 aliphatic rings. The molecule has 0 unspecified atom stereocenters. The third kappa shape index (κ3) is 2.27. The third-order valence-electron chi connectivity index (χ3n) is 1.08. The van der Waals surface area contributed by atoms with E-state index >= 15 is 0 Å². The Morgan fingerprint density at radius 2 is 2.17 bits per heavy atom. The molecule has 2 heteroatoms. The van der Waals surface area contributed by atoms with Crippen LogP contribution >= 0.6 is 0 Å². The van der Waals surface area contributed by atoms with Gasteiger partial charge in [0.1, 0.15) is 7.85 Å². The molecule has 0 aromatic heterocycles. The number of hydrogen-bond acceptors (Lipinski definition) is 1. The van der Waals surface area contributed by atoms with Crippen molar-refractivity contribution in [3.63, 3.8) is 0 Å². The van der Waals surface area contributed by atoms with Crippen molar-refractivity contribution in [3.05, 3.63) is 0 Å². The lowest BCUT2D eigenvalue weighted by Crippen LogP contribution is -2.18. The predicted octanol–water partition coefficient (Wildman–Crippen LogP) is -0.471. The minimum atomic E-state index is 1.16. The number of rotatable bonds is 2. The first-order valence-electron chi connectivity index (χ1n) is 2.49. The highest BCUT2D eigenvalue weighted by Gasteiger charge is 1.81. The van der Waals surface area contributed by atoms with Gasteiger partial charge >= 0.3 is 0 Å². The Morgan fingerprint density at radius 1 is 1.67 bits per heavy atom. The Kier molecular flexibility index (Phi) is 3.24. The van der Waals surface area contributed by atoms with Gasteiger partial charge in [0.2, 0.25) is 0 Å². The number of hydrogen-bond donors (Lipinski definition) is 0. The van der Waals surface area contributed by atoms with E-state index in [1.54, 1.807) is 0 Å². The van der Waals surface area contributed by atoms with Gasteiger partial charge in [0.05, 0.1) is 0 Å². The highest BCUT2D eigenvalue weighted by molar-refractivity contribution is 6.08. The lowest BCUT2D eigenvalue weighted by Gasteiger charge is -2.07. The van der Waals surface area contributed by atoms with Gasteiger partial charge in [-0.05, 0) is 20.0 Å². The fourth-order valence-corrected chi connectivity index (χ4v) is 0.224. The van der Waals surface area contributed by atoms with Crippen molar-refractivity contribution in [2.45, 2.75) is 6.92 Å². The summed E-state index contributed by atoms with van der Waals surface area (Å²) in [7, 11) is 4.27. The third-order valence-corrected chi connectivity index (χ3v) is 1.08. The maximum Gasteiger partial charge on any atom is 0.119 e. The molecule has 0 aliphatic heterocycles. The average Bonchev–Trinajstić information content (AvgIpc) is 1.65. The topological polar surface area (TPSA) is 3.24 Å². The standard InChI is InChI=1S/C4H12BN/c1-3-6(2)4-5/h3-5H2,1-2H3. The van der Waals surface area contributed by atoms with Crippen molar-refractivity contribution in [1.29, 1.82) is 0 Å². The fraction of sp³-hybridized carbons (Fsp3) is 1.00. The second-order valence-electron chi connectivity index (χ2n) is 1.49. The van der Waals surface area contributed by atoms with Crippen LogP contribution in [0, 0.1) is 0 Å². The second-order valence-corrected chi connectivity index (χ2v) is 1.49. The molecule has 36 valence electrons. The molecular weight excluding hydrogens is 72.9 g/mol. The maximum atomic E-state index is 2.25. The Labute approximate surface area is 40.7 Å². The molecule has 0 spiro atoms. The molecule has 0 heterocycles. The van der Waals surface area contributed by atoms with Gasteiger partial charge in [0.25, 0.3) is 0 Å². The van der Waals surface area contributed by atoms with Crippen molar-refractivity contribution in [2.75, 3.05) is 20.0 Å². The molecule has 0 aliphatic carbocycles. The summed E-state index contributed by atoms with van der Waals surface area (Å²) in [5.74, 6) is 0. The van der Waals surface area contributed by atoms with Crippen LogP contribution in [0.1, 0.15) is 6.92 Å². The van der Waals surface area contributed by atoms with Crippen LogP contribution in [0.25, 0.3) is 0 Å². The zero-order valence-corrected chi connectivity index (χ0v) is 4.86. The molecule has 0 aromatic rings. The van der Waals surface area contributed by atoms with E-state index in [0.717, 1.165) is 13.0 Å². The summed E-state index contributed by atoms with van der Waals surface area (Å²) in [5.41, 5.74) is 0. The first-order valence-corrected chi connectivity index (χ1v) is 2.49. The van der Waals surface area contributed by atoms with E-state index in [1.807, 2.05) is 0 Å². The zero-order chi connectivity index (χ0) is 4.99. The van der Waals surface area contributed by atoms with Gasteiger partial charge in [-0.2, -0.15) is 0 Å². The van der Waals surface area contributed by atoms with Gasteiger partial charge < -0.3 is 4.90 Å². The van der Waals surface area contributed by atoms with Crippen molar-refractivity contribution in [3.8, 4) is 0 Å². The summed E-state index contributed by atoms with van der Waals surface area (Å²) in [6.07, 6.45) is 1.16. The molecule has 0 bridgehead atoms. The van der Waals surface area contributed by atoms with Crippen LogP contribution in [0.2, 0.25) is 0 Å². The average molecular weight is 85.0 g/mol. The summed E-state index contributed by atoms with van der Waals surface area (Å²) in [4.78, 5) is 2.25. The quantitative estimate of drug-likeness (QED) is 0.409. The lowest BCUT2D eigenvalue weighted by atomic mass is 10.1. The van der Waals surface area contributed by atoms with E-state index in [4.69, 9.17) is 0 Å². The molecule has 0 atom stereocenters. The van der Waals surface area contributed by atoms with Crippen LogP contribution in [-0.2, 0) is 0 Å². The highest BCUT2D eigenvalue weighted by Crippen LogP contribution is 1.70. The normalized spacial score (nSPS) is 9.83. The Hall–Kier alpha value is 0.0249. The summed E-state index contributed by atoms with van der Waals surface area (Å²) in [5, 5.41) is 0. The van der Waals surface area contributed by atoms with Crippen LogP contribution < -0.4 is 0 Å². The van der Waals surface area contributed by atoms with E-state index in [2.05, 4.69) is 26.7 Å². The maximum absolute atomic E-state index is 2.25. The SMILES string of the molecule is BCN(C)CC. The van der Waals surface area contributed by atoms with E-state index in [9.17, 15) is 0 Å². The first kappa shape index (κ1) is 6.02. The number of nitrogens with zero attached hydrogens (tertiary/aromatic N) is 1. The zero-order valence-electron chi connectivity index (χ0n) is 4.86. The van der Waals surface area contributed by atoms with E-state index < -0.39 is 0 Å². The van der Waals surface area contributed by atoms with E-state index in [1.165, 1.54) is 0 Å². The molecule has 0 rings (SSSR count). The smallest absolute Gasteiger partial charge is 0.119 e. The van der Waals surface area contributed by atoms with Crippen molar-refractivity contribution >= 4 is 7.85 Å². The van der Waals surface area contributed by atoms with Gasteiger partial charge in [-0.25, -0.2) is 0 Å². The molecule has 0 amide bonds. The van der Waals surface area contributed by atoms with Crippen molar-refractivity contribution < 1.29 is 0 Å². The Bertz CT molecular complexity index is 26.7. The van der Waals surface area contributed by atoms with Crippen LogP contribution in [0.4, 0.5) is 0 Å². The molecule has 6 heavy (non-hydrogen) atoms. The molecule has 0 saturated carbocycles. The van der Waals surface area contributed by atoms with Gasteiger partial charge in [0, 0.05) is 0 Å². The molecule has 0 fully saturated rings. The van der Waals surface area contributed by atoms with E-state index in [0.29, 0.717) is 0 Å². The minimum absolute atomic E-state index is 1.16. The minimum Gasteiger partial charge on any atom is -0.315 e. The van der Waals surface area contributed by atoms with Gasteiger partial charge in [-0.3, -0.25) is 0 Å². The fourth-order valence-electron chi connectivity index (χ4n) is 0.224. The van der Waals surface area contributed by atoms with E-state index in [-0.39, 0.29) is 0 Å². The second kappa shape index (κ2) is 3.22. The first-order chi connectivity index (χ1) is 2.81. The monoisotopic (exact) mass is 85.1 g/mol. The van der Waals surface area contributed by atoms with Crippen LogP contribution in [0.3, 0.4) is 0 Å². The summed E-state index contributed by atoms with van der Waals surface area (Å²) in [6.45, 7) is 3.32. The highest BCUT2D eigenvalue weighted by atomic mass is 15.1. The predicted molar refractivity (Wildman–Crippen MR) is 31.7 cm³/mol. The van der Waals surface area contributed by atoms with Gasteiger partial charge in [-0.1, -0.05) is 6.92 Å². The summed E-state index contributed by atoms with van der Waals surface area (Å²) >= 11 is 0. The summed E-state index contributed by atoms with van der Waals surface area (Å²) < 4.78 is 0.